The van der Waals surface area contributed by atoms with Crippen LogP contribution in [0, 0.1) is 10.1 Å². The van der Waals surface area contributed by atoms with Crippen molar-refractivity contribution in [1.29, 1.82) is 0 Å². The summed E-state index contributed by atoms with van der Waals surface area (Å²) < 4.78 is 0. The van der Waals surface area contributed by atoms with Crippen molar-refractivity contribution in [2.75, 3.05) is 12.3 Å². The van der Waals surface area contributed by atoms with E-state index in [0.29, 0.717) is 11.6 Å². The molecule has 114 valence electrons. The van der Waals surface area contributed by atoms with Gasteiger partial charge in [-0.3, -0.25) is 14.9 Å². The van der Waals surface area contributed by atoms with Crippen molar-refractivity contribution in [2.24, 2.45) is 0 Å². The molecule has 7 heteroatoms. The van der Waals surface area contributed by atoms with Gasteiger partial charge >= 0.3 is 0 Å². The number of nitrogens with one attached hydrogen (secondary N) is 1. The topological polar surface area (TPSA) is 85.1 Å². The first-order valence-electron chi connectivity index (χ1n) is 6.69. The second kappa shape index (κ2) is 8.14. The third kappa shape index (κ3) is 5.17. The van der Waals surface area contributed by atoms with Crippen LogP contribution in [0.5, 0.6) is 0 Å². The van der Waals surface area contributed by atoms with Crippen LogP contribution in [-0.2, 0) is 11.2 Å². The smallest absolute Gasteiger partial charge is 0.287 e. The first kappa shape index (κ1) is 16.0. The maximum atomic E-state index is 11.7. The maximum Gasteiger partial charge on any atom is 0.287 e. The number of carbonyl (C=O) groups excluding carboxylic acids is 1. The Balaban J connectivity index is 1.70. The minimum atomic E-state index is -0.502. The molecule has 0 bridgehead atoms. The van der Waals surface area contributed by atoms with Gasteiger partial charge in [-0.2, -0.15) is 0 Å². The van der Waals surface area contributed by atoms with Crippen LogP contribution in [-0.4, -0.2) is 28.1 Å². The van der Waals surface area contributed by atoms with Gasteiger partial charge in [0.15, 0.2) is 0 Å². The van der Waals surface area contributed by atoms with Crippen LogP contribution in [0.4, 0.5) is 5.69 Å². The highest BCUT2D eigenvalue weighted by Crippen LogP contribution is 2.17. The van der Waals surface area contributed by atoms with Crippen LogP contribution < -0.4 is 5.32 Å². The van der Waals surface area contributed by atoms with Gasteiger partial charge in [-0.1, -0.05) is 42.1 Å². The van der Waals surface area contributed by atoms with E-state index in [1.54, 1.807) is 6.07 Å². The van der Waals surface area contributed by atoms with E-state index in [-0.39, 0.29) is 17.3 Å². The largest absolute Gasteiger partial charge is 0.355 e. The molecule has 0 aliphatic carbocycles. The lowest BCUT2D eigenvalue weighted by Gasteiger charge is -2.05. The molecule has 0 aliphatic heterocycles. The van der Waals surface area contributed by atoms with E-state index in [9.17, 15) is 14.9 Å². The summed E-state index contributed by atoms with van der Waals surface area (Å²) in [4.78, 5) is 25.7. The molecule has 1 amide bonds. The molecule has 1 aromatic carbocycles. The molecule has 2 aromatic rings. The third-order valence-electron chi connectivity index (χ3n) is 2.86. The van der Waals surface area contributed by atoms with Gasteiger partial charge in [-0.15, -0.1) is 0 Å². The van der Waals surface area contributed by atoms with Crippen LogP contribution in [0.2, 0.25) is 0 Å². The number of nitro groups is 1. The average Bonchev–Trinajstić information content (AvgIpc) is 2.54. The maximum absolute atomic E-state index is 11.7. The zero-order chi connectivity index (χ0) is 15.8. The number of carbonyl (C=O) groups is 1. The molecule has 0 saturated carbocycles. The van der Waals surface area contributed by atoms with Crippen LogP contribution in [0.1, 0.15) is 5.56 Å². The fourth-order valence-corrected chi connectivity index (χ4v) is 2.42. The molecule has 0 spiro atoms. The number of rotatable bonds is 7. The summed E-state index contributed by atoms with van der Waals surface area (Å²) in [5.41, 5.74) is 1.11. The van der Waals surface area contributed by atoms with Crippen molar-refractivity contribution < 1.29 is 9.72 Å². The van der Waals surface area contributed by atoms with E-state index < -0.39 is 4.92 Å². The van der Waals surface area contributed by atoms with Gasteiger partial charge in [0, 0.05) is 12.6 Å². The number of amides is 1. The lowest BCUT2D eigenvalue weighted by molar-refractivity contribution is -0.385. The summed E-state index contributed by atoms with van der Waals surface area (Å²) in [5.74, 6) is 0.153. The first-order valence-corrected chi connectivity index (χ1v) is 7.67. The number of pyridine rings is 1. The van der Waals surface area contributed by atoms with Crippen molar-refractivity contribution in [1.82, 2.24) is 10.3 Å². The predicted octanol–water partition coefficient (Wildman–Crippen LogP) is 2.44. The van der Waals surface area contributed by atoms with Gasteiger partial charge in [0.2, 0.25) is 5.91 Å². The van der Waals surface area contributed by atoms with Crippen molar-refractivity contribution in [3.63, 3.8) is 0 Å². The van der Waals surface area contributed by atoms with Gasteiger partial charge in [-0.05, 0) is 18.1 Å². The predicted molar refractivity (Wildman–Crippen MR) is 84.8 cm³/mol. The number of thioether (sulfide) groups is 1. The van der Waals surface area contributed by atoms with Gasteiger partial charge in [0.05, 0.1) is 15.7 Å². The molecule has 0 fully saturated rings. The molecule has 0 aliphatic rings. The standard InChI is InChI=1S/C15H15N3O3S/c19-14(16-9-8-12-4-2-1-3-5-12)11-22-15-7-6-13(10-17-15)18(20)21/h1-7,10H,8-9,11H2,(H,16,19). The number of benzene rings is 1. The second-order valence-corrected chi connectivity index (χ2v) is 5.48. The molecule has 0 atom stereocenters. The zero-order valence-electron chi connectivity index (χ0n) is 11.8. The molecule has 2 rings (SSSR count). The Hall–Kier alpha value is -2.41. The van der Waals surface area contributed by atoms with Crippen molar-refractivity contribution in [2.45, 2.75) is 11.4 Å². The van der Waals surface area contributed by atoms with Crippen molar-refractivity contribution in [3.05, 3.63) is 64.3 Å². The van der Waals surface area contributed by atoms with Gasteiger partial charge in [-0.25, -0.2) is 4.98 Å². The highest BCUT2D eigenvalue weighted by Gasteiger charge is 2.07. The lowest BCUT2D eigenvalue weighted by Crippen LogP contribution is -2.27. The van der Waals surface area contributed by atoms with E-state index in [0.717, 1.165) is 6.42 Å². The summed E-state index contributed by atoms with van der Waals surface area (Å²) in [7, 11) is 0. The average molecular weight is 317 g/mol. The zero-order valence-corrected chi connectivity index (χ0v) is 12.6. The number of hydrogen-bond donors (Lipinski definition) is 1. The molecular weight excluding hydrogens is 302 g/mol. The summed E-state index contributed by atoms with van der Waals surface area (Å²) >= 11 is 1.25. The van der Waals surface area contributed by atoms with Crippen molar-refractivity contribution >= 4 is 23.4 Å². The minimum Gasteiger partial charge on any atom is -0.355 e. The summed E-state index contributed by atoms with van der Waals surface area (Å²) in [6, 6.07) is 12.8. The van der Waals surface area contributed by atoms with E-state index in [1.807, 2.05) is 30.3 Å². The minimum absolute atomic E-state index is 0.0586. The summed E-state index contributed by atoms with van der Waals surface area (Å²) in [5, 5.41) is 13.9. The van der Waals surface area contributed by atoms with E-state index in [4.69, 9.17) is 0 Å². The highest BCUT2D eigenvalue weighted by atomic mass is 32.2. The molecule has 1 N–H and O–H groups in total. The van der Waals surface area contributed by atoms with E-state index >= 15 is 0 Å². The van der Waals surface area contributed by atoms with Gasteiger partial charge in [0.1, 0.15) is 6.20 Å². The van der Waals surface area contributed by atoms with E-state index in [2.05, 4.69) is 10.3 Å². The molecule has 1 aromatic heterocycles. The Morgan fingerprint density at radius 1 is 1.23 bits per heavy atom. The molecule has 1 heterocycles. The fraction of sp³-hybridized carbons (Fsp3) is 0.200. The van der Waals surface area contributed by atoms with Gasteiger partial charge < -0.3 is 5.32 Å². The van der Waals surface area contributed by atoms with Gasteiger partial charge in [0.25, 0.3) is 5.69 Å². The Bertz CT molecular complexity index is 632. The molecule has 0 unspecified atom stereocenters. The summed E-state index contributed by atoms with van der Waals surface area (Å²) in [6.45, 7) is 0.580. The Morgan fingerprint density at radius 2 is 2.00 bits per heavy atom. The number of aromatic nitrogens is 1. The Morgan fingerprint density at radius 3 is 2.64 bits per heavy atom. The van der Waals surface area contributed by atoms with Crippen LogP contribution in [0.15, 0.2) is 53.7 Å². The van der Waals surface area contributed by atoms with Crippen LogP contribution >= 0.6 is 11.8 Å². The first-order chi connectivity index (χ1) is 10.6. The molecular formula is C15H15N3O3S. The number of hydrogen-bond acceptors (Lipinski definition) is 5. The Kier molecular flexibility index (Phi) is 5.91. The molecule has 6 nitrogen and oxygen atoms in total. The van der Waals surface area contributed by atoms with E-state index in [1.165, 1.54) is 29.6 Å². The molecule has 22 heavy (non-hydrogen) atoms. The Labute approximate surface area is 132 Å². The highest BCUT2D eigenvalue weighted by molar-refractivity contribution is 7.99. The van der Waals surface area contributed by atoms with Crippen LogP contribution in [0.25, 0.3) is 0 Å². The fourth-order valence-electron chi connectivity index (χ4n) is 1.75. The lowest BCUT2D eigenvalue weighted by atomic mass is 10.1. The SMILES string of the molecule is O=C(CSc1ccc([N+](=O)[O-])cn1)NCCc1ccccc1. The number of nitrogens with zero attached hydrogens (tertiary/aromatic N) is 2. The monoisotopic (exact) mass is 317 g/mol. The summed E-state index contributed by atoms with van der Waals surface area (Å²) in [6.07, 6.45) is 1.97. The molecule has 0 saturated heterocycles. The second-order valence-electron chi connectivity index (χ2n) is 4.49. The quantitative estimate of drug-likeness (QED) is 0.481. The molecule has 0 radical (unpaired) electrons. The normalized spacial score (nSPS) is 10.2. The third-order valence-corrected chi connectivity index (χ3v) is 3.81. The van der Waals surface area contributed by atoms with Crippen molar-refractivity contribution in [3.8, 4) is 0 Å². The van der Waals surface area contributed by atoms with Crippen LogP contribution in [0.3, 0.4) is 0 Å².